The van der Waals surface area contributed by atoms with Crippen molar-refractivity contribution in [2.24, 2.45) is 0 Å². The maximum atomic E-state index is 12.1. The smallest absolute Gasteiger partial charge is 0.246 e. The number of anilines is 1. The highest BCUT2D eigenvalue weighted by molar-refractivity contribution is 7.89. The van der Waals surface area contributed by atoms with Gasteiger partial charge in [0.25, 0.3) is 0 Å². The summed E-state index contributed by atoms with van der Waals surface area (Å²) in [4.78, 5) is 0.159. The van der Waals surface area contributed by atoms with Crippen LogP contribution < -0.4 is 10.0 Å². The largest absolute Gasteiger partial charge is 0.346 e. The molecule has 5 nitrogen and oxygen atoms in total. The van der Waals surface area contributed by atoms with Crippen molar-refractivity contribution < 1.29 is 13.2 Å². The van der Waals surface area contributed by atoms with Gasteiger partial charge in [-0.2, -0.15) is 4.72 Å². The van der Waals surface area contributed by atoms with E-state index in [4.69, 9.17) is 16.3 Å². The third-order valence-electron chi connectivity index (χ3n) is 3.41. The average molecular weight is 303 g/mol. The molecule has 1 atom stereocenters. The SMILES string of the molecule is O=S1(=O)NC(OC2CCCC2)Nc2ccc(Cl)cc21. The van der Waals surface area contributed by atoms with E-state index in [9.17, 15) is 8.42 Å². The maximum Gasteiger partial charge on any atom is 0.246 e. The lowest BCUT2D eigenvalue weighted by atomic mass is 10.3. The second-order valence-electron chi connectivity index (χ2n) is 4.83. The summed E-state index contributed by atoms with van der Waals surface area (Å²) in [5.41, 5.74) is 0.520. The molecule has 0 saturated heterocycles. The highest BCUT2D eigenvalue weighted by atomic mass is 35.5. The molecule has 1 unspecified atom stereocenters. The van der Waals surface area contributed by atoms with E-state index < -0.39 is 16.4 Å². The fraction of sp³-hybridized carbons (Fsp3) is 0.500. The minimum Gasteiger partial charge on any atom is -0.346 e. The van der Waals surface area contributed by atoms with E-state index in [1.54, 1.807) is 12.1 Å². The van der Waals surface area contributed by atoms with Crippen molar-refractivity contribution in [3.8, 4) is 0 Å². The zero-order valence-electron chi connectivity index (χ0n) is 10.2. The van der Waals surface area contributed by atoms with Gasteiger partial charge >= 0.3 is 0 Å². The quantitative estimate of drug-likeness (QED) is 0.879. The summed E-state index contributed by atoms with van der Waals surface area (Å²) in [6.45, 7) is 0. The third-order valence-corrected chi connectivity index (χ3v) is 5.09. The van der Waals surface area contributed by atoms with Crippen LogP contribution in [0.1, 0.15) is 25.7 Å². The molecule has 0 radical (unpaired) electrons. The van der Waals surface area contributed by atoms with Crippen LogP contribution in [-0.2, 0) is 14.8 Å². The highest BCUT2D eigenvalue weighted by Crippen LogP contribution is 2.30. The van der Waals surface area contributed by atoms with Crippen molar-refractivity contribution in [2.45, 2.75) is 43.0 Å². The van der Waals surface area contributed by atoms with Crippen LogP contribution >= 0.6 is 11.6 Å². The lowest BCUT2D eigenvalue weighted by Gasteiger charge is -2.29. The van der Waals surface area contributed by atoms with Crippen LogP contribution in [0.4, 0.5) is 5.69 Å². The Morgan fingerprint density at radius 1 is 1.26 bits per heavy atom. The minimum absolute atomic E-state index is 0.119. The molecule has 3 rings (SSSR count). The number of hydrogen-bond acceptors (Lipinski definition) is 4. The van der Waals surface area contributed by atoms with Gasteiger partial charge in [0.05, 0.1) is 11.8 Å². The van der Waals surface area contributed by atoms with Gasteiger partial charge in [0.15, 0.2) is 6.35 Å². The number of fused-ring (bicyclic) bond motifs is 1. The first-order chi connectivity index (χ1) is 9.04. The Morgan fingerprint density at radius 2 is 2.00 bits per heavy atom. The fourth-order valence-electron chi connectivity index (χ4n) is 2.49. The molecule has 104 valence electrons. The Morgan fingerprint density at radius 3 is 2.74 bits per heavy atom. The number of benzene rings is 1. The Hall–Kier alpha value is -0.820. The molecule has 0 amide bonds. The Labute approximate surface area is 117 Å². The van der Waals surface area contributed by atoms with Crippen molar-refractivity contribution in [3.05, 3.63) is 23.2 Å². The number of sulfonamides is 1. The molecule has 1 aliphatic carbocycles. The normalized spacial score (nSPS) is 25.8. The molecule has 1 fully saturated rings. The van der Waals surface area contributed by atoms with Gasteiger partial charge in [-0.3, -0.25) is 0 Å². The molecule has 1 aromatic carbocycles. The van der Waals surface area contributed by atoms with Crippen LogP contribution in [0.3, 0.4) is 0 Å². The minimum atomic E-state index is -3.58. The summed E-state index contributed by atoms with van der Waals surface area (Å²) in [5.74, 6) is 0. The van der Waals surface area contributed by atoms with E-state index in [0.717, 1.165) is 25.7 Å². The first-order valence-electron chi connectivity index (χ1n) is 6.28. The van der Waals surface area contributed by atoms with Gasteiger partial charge in [0.2, 0.25) is 10.0 Å². The number of hydrogen-bond donors (Lipinski definition) is 2. The van der Waals surface area contributed by atoms with Gasteiger partial charge in [-0.05, 0) is 31.0 Å². The van der Waals surface area contributed by atoms with Crippen LogP contribution in [0.15, 0.2) is 23.1 Å². The topological polar surface area (TPSA) is 67.4 Å². The van der Waals surface area contributed by atoms with Gasteiger partial charge < -0.3 is 10.1 Å². The van der Waals surface area contributed by atoms with Crippen molar-refractivity contribution in [3.63, 3.8) is 0 Å². The van der Waals surface area contributed by atoms with Crippen molar-refractivity contribution in [1.82, 2.24) is 4.72 Å². The molecule has 19 heavy (non-hydrogen) atoms. The first-order valence-corrected chi connectivity index (χ1v) is 8.14. The van der Waals surface area contributed by atoms with Gasteiger partial charge in [0.1, 0.15) is 4.90 Å². The molecule has 1 heterocycles. The van der Waals surface area contributed by atoms with Crippen molar-refractivity contribution >= 4 is 27.3 Å². The van der Waals surface area contributed by atoms with Crippen molar-refractivity contribution in [2.75, 3.05) is 5.32 Å². The molecule has 1 aromatic rings. The molecule has 0 aromatic heterocycles. The van der Waals surface area contributed by atoms with Gasteiger partial charge in [-0.15, -0.1) is 0 Å². The van der Waals surface area contributed by atoms with Crippen LogP contribution in [-0.4, -0.2) is 20.9 Å². The van der Waals surface area contributed by atoms with Gasteiger partial charge in [-0.25, -0.2) is 8.42 Å². The summed E-state index contributed by atoms with van der Waals surface area (Å²) in [6.07, 6.45) is 3.64. The Balaban J connectivity index is 1.84. The van der Waals surface area contributed by atoms with Crippen LogP contribution in [0, 0.1) is 0 Å². The predicted octanol–water partition coefficient (Wildman–Crippen LogP) is 2.29. The number of ether oxygens (including phenoxy) is 1. The second kappa shape index (κ2) is 4.94. The molecule has 1 aliphatic heterocycles. The monoisotopic (exact) mass is 302 g/mol. The van der Waals surface area contributed by atoms with Gasteiger partial charge in [-0.1, -0.05) is 24.4 Å². The van der Waals surface area contributed by atoms with E-state index in [-0.39, 0.29) is 11.0 Å². The van der Waals surface area contributed by atoms with E-state index >= 15 is 0 Å². The predicted molar refractivity (Wildman–Crippen MR) is 72.5 cm³/mol. The molecular formula is C12H15ClN2O3S. The van der Waals surface area contributed by atoms with E-state index in [0.29, 0.717) is 10.7 Å². The van der Waals surface area contributed by atoms with Crippen LogP contribution in [0.25, 0.3) is 0 Å². The summed E-state index contributed by atoms with van der Waals surface area (Å²) < 4.78 is 32.5. The summed E-state index contributed by atoms with van der Waals surface area (Å²) in [7, 11) is -3.58. The van der Waals surface area contributed by atoms with Crippen molar-refractivity contribution in [1.29, 1.82) is 0 Å². The zero-order chi connectivity index (χ0) is 13.5. The summed E-state index contributed by atoms with van der Waals surface area (Å²) in [6, 6.07) is 4.74. The van der Waals surface area contributed by atoms with Crippen LogP contribution in [0.2, 0.25) is 5.02 Å². The third kappa shape index (κ3) is 2.72. The second-order valence-corrected chi connectivity index (χ2v) is 6.95. The fourth-order valence-corrected chi connectivity index (χ4v) is 3.95. The zero-order valence-corrected chi connectivity index (χ0v) is 11.8. The van der Waals surface area contributed by atoms with Gasteiger partial charge in [0, 0.05) is 5.02 Å². The Kier molecular flexibility index (Phi) is 3.42. The lowest BCUT2D eigenvalue weighted by Crippen LogP contribution is -2.47. The number of nitrogens with one attached hydrogen (secondary N) is 2. The highest BCUT2D eigenvalue weighted by Gasteiger charge is 2.31. The number of halogens is 1. The van der Waals surface area contributed by atoms with E-state index in [2.05, 4.69) is 10.0 Å². The molecule has 2 aliphatic rings. The molecule has 2 N–H and O–H groups in total. The Bertz CT molecular complexity index is 585. The maximum absolute atomic E-state index is 12.1. The van der Waals surface area contributed by atoms with Crippen LogP contribution in [0.5, 0.6) is 0 Å². The molecule has 0 spiro atoms. The number of rotatable bonds is 2. The average Bonchev–Trinajstić information content (AvgIpc) is 2.82. The molecule has 0 bridgehead atoms. The first kappa shape index (κ1) is 13.2. The molecule has 7 heteroatoms. The van der Waals surface area contributed by atoms with E-state index in [1.807, 2.05) is 0 Å². The summed E-state index contributed by atoms with van der Waals surface area (Å²) >= 11 is 5.83. The summed E-state index contributed by atoms with van der Waals surface area (Å²) in [5, 5.41) is 3.43. The molecule has 1 saturated carbocycles. The van der Waals surface area contributed by atoms with E-state index in [1.165, 1.54) is 6.07 Å². The standard InChI is InChI=1S/C12H15ClN2O3S/c13-8-5-6-10-11(7-8)19(16,17)15-12(14-10)18-9-3-1-2-4-9/h5-7,9,12,14-15H,1-4H2. The lowest BCUT2D eigenvalue weighted by molar-refractivity contribution is 0.000861. The molecular weight excluding hydrogens is 288 g/mol.